The average Bonchev–Trinajstić information content (AvgIpc) is 3.26. The minimum absolute atomic E-state index is 0.570. The topological polar surface area (TPSA) is 49.3 Å². The third kappa shape index (κ3) is 4.86. The van der Waals surface area contributed by atoms with Gasteiger partial charge in [-0.1, -0.05) is 0 Å². The monoisotopic (exact) mass is 388 g/mol. The number of hydrogen-bond donors (Lipinski definition) is 1. The number of nitrogens with one attached hydrogen (secondary N) is 1. The second kappa shape index (κ2) is 9.50. The van der Waals surface area contributed by atoms with E-state index >= 15 is 0 Å². The Kier molecular flexibility index (Phi) is 6.81. The fourth-order valence-corrected chi connectivity index (χ4v) is 3.94. The first kappa shape index (κ1) is 19.4. The van der Waals surface area contributed by atoms with E-state index in [4.69, 9.17) is 14.5 Å². The Bertz CT molecular complexity index is 740. The summed E-state index contributed by atoms with van der Waals surface area (Å²) in [5.74, 6) is 2.55. The number of nitrogens with zero attached hydrogens (tertiary/aromatic N) is 3. The minimum Gasteiger partial charge on any atom is -0.497 e. The van der Waals surface area contributed by atoms with Gasteiger partial charge in [0.15, 0.2) is 5.96 Å². The van der Waals surface area contributed by atoms with Gasteiger partial charge in [0.05, 0.1) is 25.8 Å². The number of rotatable bonds is 6. The van der Waals surface area contributed by atoms with E-state index in [1.807, 2.05) is 18.2 Å². The van der Waals surface area contributed by atoms with Crippen molar-refractivity contribution in [3.05, 3.63) is 41.3 Å². The Balaban J connectivity index is 1.67. The molecule has 2 heterocycles. The maximum Gasteiger partial charge on any atom is 0.194 e. The molecule has 1 fully saturated rings. The van der Waals surface area contributed by atoms with E-state index in [1.165, 1.54) is 5.00 Å². The van der Waals surface area contributed by atoms with Crippen molar-refractivity contribution in [1.82, 2.24) is 10.2 Å². The van der Waals surface area contributed by atoms with Gasteiger partial charge < -0.3 is 24.6 Å². The summed E-state index contributed by atoms with van der Waals surface area (Å²) in [4.78, 5) is 9.63. The Morgan fingerprint density at radius 1 is 1.15 bits per heavy atom. The van der Waals surface area contributed by atoms with Crippen LogP contribution in [0, 0.1) is 0 Å². The summed E-state index contributed by atoms with van der Waals surface area (Å²) in [5, 5.41) is 6.91. The van der Waals surface area contributed by atoms with Crippen molar-refractivity contribution in [2.24, 2.45) is 4.99 Å². The molecule has 1 aromatic carbocycles. The lowest BCUT2D eigenvalue weighted by Gasteiger charge is -2.37. The Morgan fingerprint density at radius 2 is 1.96 bits per heavy atom. The largest absolute Gasteiger partial charge is 0.497 e. The summed E-state index contributed by atoms with van der Waals surface area (Å²) < 4.78 is 10.8. The highest BCUT2D eigenvalue weighted by Crippen LogP contribution is 2.25. The van der Waals surface area contributed by atoms with Crippen LogP contribution in [0.4, 0.5) is 5.00 Å². The molecular weight excluding hydrogens is 360 g/mol. The summed E-state index contributed by atoms with van der Waals surface area (Å²) in [7, 11) is 3.34. The van der Waals surface area contributed by atoms with Gasteiger partial charge in [-0.2, -0.15) is 0 Å². The predicted molar refractivity (Wildman–Crippen MR) is 112 cm³/mol. The third-order valence-electron chi connectivity index (χ3n) is 4.63. The van der Waals surface area contributed by atoms with Crippen molar-refractivity contribution in [2.75, 3.05) is 51.8 Å². The van der Waals surface area contributed by atoms with Crippen LogP contribution in [0.5, 0.6) is 11.5 Å². The normalized spacial score (nSPS) is 15.0. The highest BCUT2D eigenvalue weighted by atomic mass is 32.1. The number of benzene rings is 1. The molecule has 27 heavy (non-hydrogen) atoms. The maximum absolute atomic E-state index is 5.49. The summed E-state index contributed by atoms with van der Waals surface area (Å²) in [6.07, 6.45) is 0. The predicted octanol–water partition coefficient (Wildman–Crippen LogP) is 3.05. The van der Waals surface area contributed by atoms with Crippen LogP contribution in [-0.2, 0) is 6.54 Å². The molecule has 0 amide bonds. The van der Waals surface area contributed by atoms with Crippen LogP contribution in [-0.4, -0.2) is 57.8 Å². The van der Waals surface area contributed by atoms with Crippen molar-refractivity contribution in [2.45, 2.75) is 13.5 Å². The lowest BCUT2D eigenvalue weighted by molar-refractivity contribution is 0.372. The number of anilines is 1. The van der Waals surface area contributed by atoms with E-state index in [2.05, 4.69) is 39.6 Å². The Morgan fingerprint density at radius 3 is 2.59 bits per heavy atom. The summed E-state index contributed by atoms with van der Waals surface area (Å²) in [5.41, 5.74) is 1.05. The van der Waals surface area contributed by atoms with Gasteiger partial charge in [-0.3, -0.25) is 0 Å². The highest BCUT2D eigenvalue weighted by Gasteiger charge is 2.20. The van der Waals surface area contributed by atoms with Gasteiger partial charge in [0.1, 0.15) is 11.5 Å². The quantitative estimate of drug-likeness (QED) is 0.609. The average molecular weight is 389 g/mol. The van der Waals surface area contributed by atoms with Crippen LogP contribution >= 0.6 is 11.3 Å². The molecule has 3 rings (SSSR count). The molecule has 1 aliphatic heterocycles. The third-order valence-corrected chi connectivity index (χ3v) is 5.55. The van der Waals surface area contributed by atoms with Crippen molar-refractivity contribution in [3.63, 3.8) is 0 Å². The lowest BCUT2D eigenvalue weighted by Crippen LogP contribution is -2.52. The molecule has 1 N–H and O–H groups in total. The van der Waals surface area contributed by atoms with Crippen molar-refractivity contribution in [3.8, 4) is 11.5 Å². The first-order chi connectivity index (χ1) is 13.2. The smallest absolute Gasteiger partial charge is 0.194 e. The maximum atomic E-state index is 5.49. The molecule has 0 saturated carbocycles. The van der Waals surface area contributed by atoms with Crippen LogP contribution < -0.4 is 19.7 Å². The number of methoxy groups -OCH3 is 2. The molecule has 6 nitrogen and oxygen atoms in total. The zero-order valence-corrected chi connectivity index (χ0v) is 17.1. The highest BCUT2D eigenvalue weighted by molar-refractivity contribution is 7.14. The molecule has 0 atom stereocenters. The zero-order chi connectivity index (χ0) is 19.1. The molecule has 0 aliphatic carbocycles. The van der Waals surface area contributed by atoms with Gasteiger partial charge in [-0.15, -0.1) is 11.3 Å². The Hall–Kier alpha value is -2.41. The molecule has 1 aliphatic rings. The summed E-state index contributed by atoms with van der Waals surface area (Å²) in [6.45, 7) is 7.47. The standard InChI is InChI=1S/C20H28N4O2S/c1-4-21-20(22-15-16-7-8-17(25-2)14-18(16)26-3)24-11-9-23(10-12-24)19-6-5-13-27-19/h5-8,13-14H,4,9-12,15H2,1-3H3,(H,21,22). The van der Waals surface area contributed by atoms with Crippen LogP contribution in [0.25, 0.3) is 0 Å². The second-order valence-corrected chi connectivity index (χ2v) is 7.20. The number of ether oxygens (including phenoxy) is 2. The van der Waals surface area contributed by atoms with Crippen molar-refractivity contribution >= 4 is 22.3 Å². The number of thiophene rings is 1. The van der Waals surface area contributed by atoms with Gasteiger partial charge >= 0.3 is 0 Å². The van der Waals surface area contributed by atoms with Crippen molar-refractivity contribution in [1.29, 1.82) is 0 Å². The first-order valence-electron chi connectivity index (χ1n) is 9.27. The molecule has 0 bridgehead atoms. The van der Waals surface area contributed by atoms with E-state index in [1.54, 1.807) is 25.6 Å². The number of piperazine rings is 1. The fraction of sp³-hybridized carbons (Fsp3) is 0.450. The van der Waals surface area contributed by atoms with E-state index in [0.717, 1.165) is 55.7 Å². The number of hydrogen-bond acceptors (Lipinski definition) is 5. The van der Waals surface area contributed by atoms with Crippen LogP contribution in [0.3, 0.4) is 0 Å². The van der Waals surface area contributed by atoms with Crippen LogP contribution in [0.15, 0.2) is 40.7 Å². The molecule has 1 aromatic heterocycles. The number of guanidine groups is 1. The fourth-order valence-electron chi connectivity index (χ4n) is 3.16. The first-order valence-corrected chi connectivity index (χ1v) is 10.2. The van der Waals surface area contributed by atoms with Gasteiger partial charge in [0.2, 0.25) is 0 Å². The summed E-state index contributed by atoms with van der Waals surface area (Å²) >= 11 is 1.80. The van der Waals surface area contributed by atoms with Crippen LogP contribution in [0.2, 0.25) is 0 Å². The SMILES string of the molecule is CCNC(=NCc1ccc(OC)cc1OC)N1CCN(c2cccs2)CC1. The molecule has 2 aromatic rings. The molecule has 146 valence electrons. The van der Waals surface area contributed by atoms with E-state index in [0.29, 0.717) is 6.54 Å². The molecule has 0 spiro atoms. The van der Waals surface area contributed by atoms with E-state index in [-0.39, 0.29) is 0 Å². The van der Waals surface area contributed by atoms with Gasteiger partial charge in [-0.05, 0) is 36.6 Å². The van der Waals surface area contributed by atoms with E-state index < -0.39 is 0 Å². The van der Waals surface area contributed by atoms with Gasteiger partial charge in [0, 0.05) is 44.4 Å². The molecule has 0 unspecified atom stereocenters. The van der Waals surface area contributed by atoms with Gasteiger partial charge in [0.25, 0.3) is 0 Å². The molecule has 1 saturated heterocycles. The van der Waals surface area contributed by atoms with Crippen molar-refractivity contribution < 1.29 is 9.47 Å². The number of aliphatic imine (C=N–C) groups is 1. The van der Waals surface area contributed by atoms with E-state index in [9.17, 15) is 0 Å². The lowest BCUT2D eigenvalue weighted by atomic mass is 10.2. The molecule has 7 heteroatoms. The molecule has 0 radical (unpaired) electrons. The van der Waals surface area contributed by atoms with Crippen LogP contribution in [0.1, 0.15) is 12.5 Å². The van der Waals surface area contributed by atoms with Gasteiger partial charge in [-0.25, -0.2) is 4.99 Å². The molecular formula is C20H28N4O2S. The zero-order valence-electron chi connectivity index (χ0n) is 16.3. The minimum atomic E-state index is 0.570. The summed E-state index contributed by atoms with van der Waals surface area (Å²) in [6, 6.07) is 10.2. The second-order valence-electron chi connectivity index (χ2n) is 6.27. The Labute approximate surface area is 165 Å².